The average Bonchev–Trinajstić information content (AvgIpc) is 2.85. The minimum absolute atomic E-state index is 0.153. The molecule has 0 aliphatic heterocycles. The van der Waals surface area contributed by atoms with Crippen molar-refractivity contribution in [2.75, 3.05) is 13.1 Å². The minimum Gasteiger partial charge on any atom is -0.296 e. The smallest absolute Gasteiger partial charge is 0.0239 e. The van der Waals surface area contributed by atoms with Crippen LogP contribution >= 0.6 is 12.6 Å². The summed E-state index contributed by atoms with van der Waals surface area (Å²) in [6, 6.07) is 0. The molecule has 0 heterocycles. The molecule has 2 rings (SSSR count). The van der Waals surface area contributed by atoms with E-state index in [-0.39, 0.29) is 4.75 Å². The molecule has 0 bridgehead atoms. The van der Waals surface area contributed by atoms with E-state index in [2.05, 4.69) is 38.3 Å². The molecule has 2 saturated carbocycles. The van der Waals surface area contributed by atoms with E-state index in [1.807, 2.05) is 0 Å². The monoisotopic (exact) mass is 213 g/mol. The van der Waals surface area contributed by atoms with Crippen LogP contribution in [0.5, 0.6) is 0 Å². The molecule has 0 N–H and O–H groups in total. The van der Waals surface area contributed by atoms with Crippen molar-refractivity contribution in [3.63, 3.8) is 0 Å². The Hall–Kier alpha value is 0.310. The highest BCUT2D eigenvalue weighted by Crippen LogP contribution is 2.57. The Morgan fingerprint density at radius 3 is 2.21 bits per heavy atom. The van der Waals surface area contributed by atoms with Crippen LogP contribution in [-0.4, -0.2) is 28.3 Å². The van der Waals surface area contributed by atoms with E-state index in [0.717, 1.165) is 12.5 Å². The van der Waals surface area contributed by atoms with Crippen LogP contribution in [0, 0.1) is 5.92 Å². The first-order valence-electron chi connectivity index (χ1n) is 5.95. The van der Waals surface area contributed by atoms with Crippen molar-refractivity contribution < 1.29 is 0 Å². The summed E-state index contributed by atoms with van der Waals surface area (Å²) >= 11 is 4.65. The predicted octanol–water partition coefficient (Wildman–Crippen LogP) is 2.96. The molecule has 82 valence electrons. The van der Waals surface area contributed by atoms with Gasteiger partial charge in [-0.25, -0.2) is 0 Å². The third kappa shape index (κ3) is 2.11. The van der Waals surface area contributed by atoms with Gasteiger partial charge in [-0.05, 0) is 52.0 Å². The standard InChI is InChI=1S/C12H23NS/c1-4-13(9-11(2,3)14)12(7-8-12)10-5-6-10/h10,14H,4-9H2,1-3H3. The third-order valence-electron chi connectivity index (χ3n) is 3.69. The number of rotatable bonds is 5. The lowest BCUT2D eigenvalue weighted by Gasteiger charge is -2.35. The molecule has 2 fully saturated rings. The van der Waals surface area contributed by atoms with Crippen molar-refractivity contribution in [3.8, 4) is 0 Å². The van der Waals surface area contributed by atoms with Crippen LogP contribution in [0.25, 0.3) is 0 Å². The molecule has 0 radical (unpaired) electrons. The van der Waals surface area contributed by atoms with Gasteiger partial charge in [-0.1, -0.05) is 6.92 Å². The van der Waals surface area contributed by atoms with Crippen molar-refractivity contribution in [1.82, 2.24) is 4.90 Å². The van der Waals surface area contributed by atoms with Crippen LogP contribution < -0.4 is 0 Å². The number of hydrogen-bond acceptors (Lipinski definition) is 2. The molecular formula is C12H23NS. The van der Waals surface area contributed by atoms with E-state index >= 15 is 0 Å². The Morgan fingerprint density at radius 2 is 1.93 bits per heavy atom. The molecule has 1 nitrogen and oxygen atoms in total. The highest BCUT2D eigenvalue weighted by molar-refractivity contribution is 7.81. The molecule has 0 spiro atoms. The minimum atomic E-state index is 0.153. The SMILES string of the molecule is CCN(CC(C)(C)S)C1(C2CC2)CC1. The lowest BCUT2D eigenvalue weighted by molar-refractivity contribution is 0.153. The molecule has 0 saturated heterocycles. The summed E-state index contributed by atoms with van der Waals surface area (Å²) in [5.41, 5.74) is 0.620. The third-order valence-corrected chi connectivity index (χ3v) is 3.83. The number of hydrogen-bond donors (Lipinski definition) is 1. The summed E-state index contributed by atoms with van der Waals surface area (Å²) in [4.78, 5) is 2.69. The second kappa shape index (κ2) is 3.41. The summed E-state index contributed by atoms with van der Waals surface area (Å²) in [7, 11) is 0. The van der Waals surface area contributed by atoms with E-state index in [1.54, 1.807) is 0 Å². The summed E-state index contributed by atoms with van der Waals surface area (Å²) < 4.78 is 0.153. The zero-order valence-corrected chi connectivity index (χ0v) is 10.6. The van der Waals surface area contributed by atoms with Crippen LogP contribution in [0.1, 0.15) is 46.5 Å². The second-order valence-electron chi connectivity index (χ2n) is 5.70. The fourth-order valence-electron chi connectivity index (χ4n) is 2.78. The van der Waals surface area contributed by atoms with Gasteiger partial charge in [-0.2, -0.15) is 12.6 Å². The number of thiol groups is 1. The van der Waals surface area contributed by atoms with E-state index in [0.29, 0.717) is 5.54 Å². The van der Waals surface area contributed by atoms with Crippen LogP contribution in [-0.2, 0) is 0 Å². The summed E-state index contributed by atoms with van der Waals surface area (Å²) in [6.07, 6.45) is 5.83. The van der Waals surface area contributed by atoms with Crippen molar-refractivity contribution in [1.29, 1.82) is 0 Å². The first-order chi connectivity index (χ1) is 6.48. The molecule has 2 aliphatic carbocycles. The normalized spacial score (nSPS) is 25.5. The lowest BCUT2D eigenvalue weighted by Crippen LogP contribution is -2.45. The lowest BCUT2D eigenvalue weighted by atomic mass is 10.1. The molecule has 0 atom stereocenters. The first kappa shape index (κ1) is 10.8. The molecule has 2 aliphatic rings. The Bertz CT molecular complexity index is 211. The maximum atomic E-state index is 4.65. The quantitative estimate of drug-likeness (QED) is 0.687. The van der Waals surface area contributed by atoms with E-state index < -0.39 is 0 Å². The van der Waals surface area contributed by atoms with Crippen molar-refractivity contribution in [3.05, 3.63) is 0 Å². The van der Waals surface area contributed by atoms with Crippen molar-refractivity contribution in [2.45, 2.75) is 56.7 Å². The van der Waals surface area contributed by atoms with Gasteiger partial charge in [-0.15, -0.1) is 0 Å². The van der Waals surface area contributed by atoms with Gasteiger partial charge in [0.25, 0.3) is 0 Å². The van der Waals surface area contributed by atoms with Gasteiger partial charge in [0.05, 0.1) is 0 Å². The van der Waals surface area contributed by atoms with Gasteiger partial charge in [0.15, 0.2) is 0 Å². The molecule has 2 heteroatoms. The molecule has 0 aromatic heterocycles. The fourth-order valence-corrected chi connectivity index (χ4v) is 2.95. The van der Waals surface area contributed by atoms with E-state index in [1.165, 1.54) is 32.2 Å². The van der Waals surface area contributed by atoms with Crippen LogP contribution in [0.4, 0.5) is 0 Å². The molecule has 14 heavy (non-hydrogen) atoms. The summed E-state index contributed by atoms with van der Waals surface area (Å²) in [5, 5.41) is 0. The molecule has 0 aromatic carbocycles. The van der Waals surface area contributed by atoms with Crippen molar-refractivity contribution in [2.24, 2.45) is 5.92 Å². The Morgan fingerprint density at radius 1 is 1.36 bits per heavy atom. The highest BCUT2D eigenvalue weighted by Gasteiger charge is 2.57. The maximum absolute atomic E-state index is 4.65. The van der Waals surface area contributed by atoms with Gasteiger partial charge >= 0.3 is 0 Å². The fraction of sp³-hybridized carbons (Fsp3) is 1.00. The second-order valence-corrected chi connectivity index (χ2v) is 6.92. The van der Waals surface area contributed by atoms with Gasteiger partial charge in [0.2, 0.25) is 0 Å². The molecule has 0 amide bonds. The zero-order chi connectivity index (χ0) is 10.4. The van der Waals surface area contributed by atoms with Crippen LogP contribution in [0.15, 0.2) is 0 Å². The highest BCUT2D eigenvalue weighted by atomic mass is 32.1. The largest absolute Gasteiger partial charge is 0.296 e. The first-order valence-corrected chi connectivity index (χ1v) is 6.40. The Kier molecular flexibility index (Phi) is 2.64. The molecule has 0 unspecified atom stereocenters. The Labute approximate surface area is 93.7 Å². The summed E-state index contributed by atoms with van der Waals surface area (Å²) in [6.45, 7) is 9.08. The van der Waals surface area contributed by atoms with Gasteiger partial charge < -0.3 is 0 Å². The van der Waals surface area contributed by atoms with Gasteiger partial charge in [-0.3, -0.25) is 4.90 Å². The van der Waals surface area contributed by atoms with Crippen LogP contribution in [0.2, 0.25) is 0 Å². The van der Waals surface area contributed by atoms with Crippen molar-refractivity contribution >= 4 is 12.6 Å². The molecule has 0 aromatic rings. The van der Waals surface area contributed by atoms with E-state index in [9.17, 15) is 0 Å². The van der Waals surface area contributed by atoms with Gasteiger partial charge in [0, 0.05) is 16.8 Å². The topological polar surface area (TPSA) is 3.24 Å². The Balaban J connectivity index is 1.98. The van der Waals surface area contributed by atoms with E-state index in [4.69, 9.17) is 0 Å². The number of nitrogens with zero attached hydrogens (tertiary/aromatic N) is 1. The maximum Gasteiger partial charge on any atom is 0.0239 e. The zero-order valence-electron chi connectivity index (χ0n) is 9.71. The molecular weight excluding hydrogens is 190 g/mol. The van der Waals surface area contributed by atoms with Gasteiger partial charge in [0.1, 0.15) is 0 Å². The predicted molar refractivity (Wildman–Crippen MR) is 65.0 cm³/mol. The average molecular weight is 213 g/mol. The summed E-state index contributed by atoms with van der Waals surface area (Å²) in [5.74, 6) is 1.03. The van der Waals surface area contributed by atoms with Crippen LogP contribution in [0.3, 0.4) is 0 Å².